The topological polar surface area (TPSA) is 80.4 Å². The molecular formula is C22H26ClN5O2. The lowest BCUT2D eigenvalue weighted by molar-refractivity contribution is -0.128. The molecule has 2 aromatic heterocycles. The number of hydrogen-bond acceptors (Lipinski definition) is 4. The van der Waals surface area contributed by atoms with Crippen molar-refractivity contribution in [2.24, 2.45) is 11.3 Å². The second kappa shape index (κ2) is 8.24. The number of carbonyl (C=O) groups excluding carboxylic acids is 1. The van der Waals surface area contributed by atoms with Crippen LogP contribution in [0.15, 0.2) is 53.5 Å². The predicted octanol–water partition coefficient (Wildman–Crippen LogP) is 2.68. The number of fused-ring (bicyclic) bond motifs is 2. The normalized spacial score (nSPS) is 23.0. The van der Waals surface area contributed by atoms with Crippen LogP contribution in [0.4, 0.5) is 5.69 Å². The van der Waals surface area contributed by atoms with Crippen molar-refractivity contribution in [3.05, 3.63) is 64.7 Å². The van der Waals surface area contributed by atoms with E-state index in [0.717, 1.165) is 43.6 Å². The number of nitrogens with one attached hydrogen (secondary N) is 2. The molecule has 5 rings (SSSR count). The van der Waals surface area contributed by atoms with Crippen molar-refractivity contribution >= 4 is 29.6 Å². The maximum Gasteiger partial charge on any atom is 0.350 e. The summed E-state index contributed by atoms with van der Waals surface area (Å²) in [6, 6.07) is 13.2. The fourth-order valence-corrected chi connectivity index (χ4v) is 4.94. The van der Waals surface area contributed by atoms with Gasteiger partial charge in [0.05, 0.1) is 12.0 Å². The largest absolute Gasteiger partial charge is 0.350 e. The van der Waals surface area contributed by atoms with Crippen LogP contribution in [0.25, 0.3) is 5.65 Å². The number of halogens is 1. The standard InChI is InChI=1S/C22H25N5O2.ClH/c28-20(22-10-3-1-7-17(22)13-23-15-22)24-18-8-5-6-16(12-18)14-27-21(29)26-11-4-2-9-19(26)25-27;/h2,4-6,8-9,11-12,17,23H,1,3,7,10,13-15H2,(H,24,28);1H/t17-,22+;/m0./s1. The minimum absolute atomic E-state index is 0. The second-order valence-electron chi connectivity index (χ2n) is 8.25. The summed E-state index contributed by atoms with van der Waals surface area (Å²) in [5, 5.41) is 11.0. The molecule has 8 heteroatoms. The summed E-state index contributed by atoms with van der Waals surface area (Å²) >= 11 is 0. The summed E-state index contributed by atoms with van der Waals surface area (Å²) in [6.45, 7) is 2.06. The Labute approximate surface area is 180 Å². The number of hydrogen-bond donors (Lipinski definition) is 2. The minimum Gasteiger partial charge on any atom is -0.326 e. The second-order valence-corrected chi connectivity index (χ2v) is 8.25. The quantitative estimate of drug-likeness (QED) is 0.670. The Hall–Kier alpha value is -2.64. The summed E-state index contributed by atoms with van der Waals surface area (Å²) in [7, 11) is 0. The molecule has 158 valence electrons. The number of anilines is 1. The third-order valence-electron chi connectivity index (χ3n) is 6.50. The monoisotopic (exact) mass is 427 g/mol. The highest BCUT2D eigenvalue weighted by molar-refractivity contribution is 5.96. The fourth-order valence-electron chi connectivity index (χ4n) is 4.94. The first kappa shape index (κ1) is 20.6. The van der Waals surface area contributed by atoms with Gasteiger partial charge in [-0.3, -0.25) is 9.20 Å². The smallest absolute Gasteiger partial charge is 0.326 e. The molecule has 7 nitrogen and oxygen atoms in total. The van der Waals surface area contributed by atoms with E-state index >= 15 is 0 Å². The molecule has 0 spiro atoms. The van der Waals surface area contributed by atoms with Gasteiger partial charge in [0, 0.05) is 18.4 Å². The third-order valence-corrected chi connectivity index (χ3v) is 6.50. The van der Waals surface area contributed by atoms with Crippen molar-refractivity contribution in [1.82, 2.24) is 19.5 Å². The highest BCUT2D eigenvalue weighted by atomic mass is 35.5. The summed E-state index contributed by atoms with van der Waals surface area (Å²) in [5.74, 6) is 0.547. The van der Waals surface area contributed by atoms with Crippen molar-refractivity contribution in [3.63, 3.8) is 0 Å². The number of rotatable bonds is 4. The zero-order valence-corrected chi connectivity index (χ0v) is 17.5. The predicted molar refractivity (Wildman–Crippen MR) is 118 cm³/mol. The minimum atomic E-state index is -0.285. The molecule has 1 saturated heterocycles. The maximum absolute atomic E-state index is 13.2. The van der Waals surface area contributed by atoms with E-state index in [-0.39, 0.29) is 29.4 Å². The Balaban J connectivity index is 0.00000218. The summed E-state index contributed by atoms with van der Waals surface area (Å²) in [6.07, 6.45) is 6.12. The molecule has 3 heterocycles. The van der Waals surface area contributed by atoms with Crippen LogP contribution < -0.4 is 16.3 Å². The Morgan fingerprint density at radius 1 is 1.23 bits per heavy atom. The van der Waals surface area contributed by atoms with Gasteiger partial charge in [-0.25, -0.2) is 9.48 Å². The van der Waals surface area contributed by atoms with Crippen molar-refractivity contribution < 1.29 is 4.79 Å². The number of carbonyl (C=O) groups is 1. The van der Waals surface area contributed by atoms with Crippen molar-refractivity contribution in [3.8, 4) is 0 Å². The first-order valence-corrected chi connectivity index (χ1v) is 10.3. The Bertz CT molecular complexity index is 1120. The summed E-state index contributed by atoms with van der Waals surface area (Å²) in [5.41, 5.74) is 1.87. The Kier molecular flexibility index (Phi) is 5.66. The number of nitrogens with zero attached hydrogens (tertiary/aromatic N) is 3. The molecule has 0 radical (unpaired) electrons. The maximum atomic E-state index is 13.2. The van der Waals surface area contributed by atoms with Crippen LogP contribution in [0.3, 0.4) is 0 Å². The molecule has 1 aromatic carbocycles. The van der Waals surface area contributed by atoms with Gasteiger partial charge in [0.25, 0.3) is 0 Å². The van der Waals surface area contributed by atoms with E-state index < -0.39 is 0 Å². The van der Waals surface area contributed by atoms with E-state index in [4.69, 9.17) is 0 Å². The van der Waals surface area contributed by atoms with E-state index in [9.17, 15) is 9.59 Å². The first-order chi connectivity index (χ1) is 14.2. The average molecular weight is 428 g/mol. The van der Waals surface area contributed by atoms with Gasteiger partial charge in [0.15, 0.2) is 5.65 Å². The molecular weight excluding hydrogens is 402 g/mol. The van der Waals surface area contributed by atoms with Crippen LogP contribution >= 0.6 is 12.4 Å². The molecule has 1 aliphatic heterocycles. The van der Waals surface area contributed by atoms with Gasteiger partial charge < -0.3 is 10.6 Å². The van der Waals surface area contributed by atoms with Crippen molar-refractivity contribution in [2.45, 2.75) is 32.2 Å². The molecule has 2 atom stereocenters. The SMILES string of the molecule is Cl.O=C(Nc1cccc(Cn2nc3ccccn3c2=O)c1)[C@@]12CCCC[C@H]1CNC2. The van der Waals surface area contributed by atoms with Gasteiger partial charge in [-0.2, -0.15) is 0 Å². The lowest BCUT2D eigenvalue weighted by Gasteiger charge is -2.37. The Morgan fingerprint density at radius 3 is 3.00 bits per heavy atom. The van der Waals surface area contributed by atoms with E-state index in [2.05, 4.69) is 15.7 Å². The molecule has 30 heavy (non-hydrogen) atoms. The first-order valence-electron chi connectivity index (χ1n) is 10.3. The molecule has 0 unspecified atom stereocenters. The van der Waals surface area contributed by atoms with Gasteiger partial charge in [0.2, 0.25) is 5.91 Å². The van der Waals surface area contributed by atoms with Crippen LogP contribution in [-0.2, 0) is 11.3 Å². The highest BCUT2D eigenvalue weighted by Gasteiger charge is 2.49. The zero-order chi connectivity index (χ0) is 19.8. The fraction of sp³-hybridized carbons (Fsp3) is 0.409. The van der Waals surface area contributed by atoms with Crippen LogP contribution in [0.2, 0.25) is 0 Å². The van der Waals surface area contributed by atoms with E-state index in [1.54, 1.807) is 6.20 Å². The number of amides is 1. The summed E-state index contributed by atoms with van der Waals surface area (Å²) in [4.78, 5) is 25.7. The lowest BCUT2D eigenvalue weighted by atomic mass is 9.67. The van der Waals surface area contributed by atoms with Gasteiger partial charge in [-0.15, -0.1) is 17.5 Å². The van der Waals surface area contributed by atoms with Gasteiger partial charge in [-0.05, 0) is 55.1 Å². The molecule has 3 aromatic rings. The number of aromatic nitrogens is 3. The highest BCUT2D eigenvalue weighted by Crippen LogP contribution is 2.44. The molecule has 2 fully saturated rings. The van der Waals surface area contributed by atoms with E-state index in [1.165, 1.54) is 15.5 Å². The molecule has 2 aliphatic rings. The lowest BCUT2D eigenvalue weighted by Crippen LogP contribution is -2.44. The Morgan fingerprint density at radius 2 is 2.13 bits per heavy atom. The molecule has 1 amide bonds. The molecule has 0 bridgehead atoms. The van der Waals surface area contributed by atoms with E-state index in [1.807, 2.05) is 42.5 Å². The van der Waals surface area contributed by atoms with Crippen LogP contribution in [-0.4, -0.2) is 33.2 Å². The molecule has 2 N–H and O–H groups in total. The van der Waals surface area contributed by atoms with Crippen molar-refractivity contribution in [1.29, 1.82) is 0 Å². The van der Waals surface area contributed by atoms with Gasteiger partial charge >= 0.3 is 5.69 Å². The summed E-state index contributed by atoms with van der Waals surface area (Å²) < 4.78 is 2.98. The number of benzene rings is 1. The van der Waals surface area contributed by atoms with Gasteiger partial charge in [0.1, 0.15) is 0 Å². The molecule has 1 saturated carbocycles. The van der Waals surface area contributed by atoms with Crippen molar-refractivity contribution in [2.75, 3.05) is 18.4 Å². The average Bonchev–Trinajstić information content (AvgIpc) is 3.31. The number of pyridine rings is 1. The van der Waals surface area contributed by atoms with Crippen LogP contribution in [0, 0.1) is 11.3 Å². The van der Waals surface area contributed by atoms with Gasteiger partial charge in [-0.1, -0.05) is 31.0 Å². The van der Waals surface area contributed by atoms with Crippen LogP contribution in [0.5, 0.6) is 0 Å². The van der Waals surface area contributed by atoms with Crippen LogP contribution in [0.1, 0.15) is 31.2 Å². The van der Waals surface area contributed by atoms with E-state index in [0.29, 0.717) is 18.1 Å². The molecule has 1 aliphatic carbocycles. The third kappa shape index (κ3) is 3.52. The zero-order valence-electron chi connectivity index (χ0n) is 16.7.